The third kappa shape index (κ3) is 5.82. The highest BCUT2D eigenvalue weighted by atomic mass is 32.2. The molecule has 0 saturated heterocycles. The molecule has 21 heavy (non-hydrogen) atoms. The van der Waals surface area contributed by atoms with Gasteiger partial charge in [-0.3, -0.25) is 4.72 Å². The van der Waals surface area contributed by atoms with E-state index in [2.05, 4.69) is 0 Å². The first-order valence-corrected chi connectivity index (χ1v) is 7.86. The van der Waals surface area contributed by atoms with Crippen LogP contribution in [0.5, 0.6) is 5.75 Å². The van der Waals surface area contributed by atoms with Gasteiger partial charge in [-0.25, -0.2) is 8.42 Å². The molecule has 0 unspecified atom stereocenters. The van der Waals surface area contributed by atoms with E-state index in [0.717, 1.165) is 6.07 Å². The van der Waals surface area contributed by atoms with E-state index in [0.29, 0.717) is 18.6 Å². The Morgan fingerprint density at radius 3 is 2.24 bits per heavy atom. The summed E-state index contributed by atoms with van der Waals surface area (Å²) in [6, 6.07) is 2.07. The van der Waals surface area contributed by atoms with Crippen molar-refractivity contribution in [3.63, 3.8) is 0 Å². The summed E-state index contributed by atoms with van der Waals surface area (Å²) < 4.78 is 63.4. The number of phenols is 1. The fourth-order valence-corrected chi connectivity index (χ4v) is 2.93. The molecule has 0 aliphatic heterocycles. The van der Waals surface area contributed by atoms with Gasteiger partial charge in [-0.1, -0.05) is 20.8 Å². The number of benzene rings is 1. The van der Waals surface area contributed by atoms with Crippen LogP contribution in [0.15, 0.2) is 18.2 Å². The summed E-state index contributed by atoms with van der Waals surface area (Å²) in [5.41, 5.74) is -1.74. The summed E-state index contributed by atoms with van der Waals surface area (Å²) in [5, 5.41) is 9.50. The van der Waals surface area contributed by atoms with Gasteiger partial charge < -0.3 is 5.11 Å². The van der Waals surface area contributed by atoms with Crippen molar-refractivity contribution in [2.45, 2.75) is 33.4 Å². The molecule has 0 fully saturated rings. The number of alkyl halides is 3. The molecule has 8 heteroatoms. The Bertz CT molecular complexity index is 604. The second-order valence-electron chi connectivity index (χ2n) is 5.96. The number of rotatable bonds is 4. The van der Waals surface area contributed by atoms with Crippen LogP contribution in [0.2, 0.25) is 0 Å². The lowest BCUT2D eigenvalue weighted by atomic mass is 9.94. The minimum atomic E-state index is -4.61. The van der Waals surface area contributed by atoms with Crippen LogP contribution >= 0.6 is 0 Å². The van der Waals surface area contributed by atoms with E-state index in [1.807, 2.05) is 25.5 Å². The van der Waals surface area contributed by atoms with Crippen molar-refractivity contribution in [1.82, 2.24) is 0 Å². The maximum Gasteiger partial charge on any atom is 0.416 e. The van der Waals surface area contributed by atoms with E-state index in [1.54, 1.807) is 0 Å². The molecule has 1 rings (SSSR count). The molecule has 0 aliphatic rings. The first-order chi connectivity index (χ1) is 9.30. The minimum absolute atomic E-state index is 0.232. The van der Waals surface area contributed by atoms with Gasteiger partial charge in [0.15, 0.2) is 0 Å². The van der Waals surface area contributed by atoms with Crippen LogP contribution in [0, 0.1) is 5.41 Å². The monoisotopic (exact) mass is 325 g/mol. The molecule has 1 aromatic carbocycles. The Morgan fingerprint density at radius 1 is 1.19 bits per heavy atom. The average molecular weight is 325 g/mol. The lowest BCUT2D eigenvalue weighted by molar-refractivity contribution is -0.137. The third-order valence-corrected chi connectivity index (χ3v) is 3.98. The number of halogens is 3. The number of sulfonamides is 1. The summed E-state index contributed by atoms with van der Waals surface area (Å²) in [6.07, 6.45) is -4.28. The molecule has 0 aromatic heterocycles. The van der Waals surface area contributed by atoms with Gasteiger partial charge in [-0.05, 0) is 30.0 Å². The Morgan fingerprint density at radius 2 is 1.76 bits per heavy atom. The van der Waals surface area contributed by atoms with E-state index >= 15 is 0 Å². The molecule has 0 aliphatic carbocycles. The molecule has 0 heterocycles. The number of nitrogens with one attached hydrogen (secondary N) is 1. The molecule has 0 amide bonds. The number of phenolic OH excluding ortho intramolecular Hbond substituents is 1. The summed E-state index contributed by atoms with van der Waals surface area (Å²) in [6.45, 7) is 5.55. The van der Waals surface area contributed by atoms with Crippen molar-refractivity contribution in [2.24, 2.45) is 5.41 Å². The number of aromatic hydroxyl groups is 1. The first-order valence-electron chi connectivity index (χ1n) is 6.21. The van der Waals surface area contributed by atoms with Crippen molar-refractivity contribution in [3.05, 3.63) is 23.8 Å². The smallest absolute Gasteiger partial charge is 0.416 e. The quantitative estimate of drug-likeness (QED) is 0.831. The summed E-state index contributed by atoms with van der Waals surface area (Å²) in [4.78, 5) is 0. The zero-order chi connectivity index (χ0) is 16.5. The SMILES string of the molecule is CC(C)(C)CCS(=O)(=O)Nc1cc(C(F)(F)F)ccc1O. The molecule has 0 saturated carbocycles. The Hall–Kier alpha value is -1.44. The number of anilines is 1. The second kappa shape index (κ2) is 5.75. The molecule has 120 valence electrons. The van der Waals surface area contributed by atoms with Gasteiger partial charge in [0.05, 0.1) is 17.0 Å². The van der Waals surface area contributed by atoms with Gasteiger partial charge in [-0.2, -0.15) is 13.2 Å². The van der Waals surface area contributed by atoms with Gasteiger partial charge in [0.1, 0.15) is 5.75 Å². The fraction of sp³-hybridized carbons (Fsp3) is 0.538. The topological polar surface area (TPSA) is 66.4 Å². The van der Waals surface area contributed by atoms with Crippen LogP contribution in [0.4, 0.5) is 18.9 Å². The highest BCUT2D eigenvalue weighted by Crippen LogP contribution is 2.35. The highest BCUT2D eigenvalue weighted by Gasteiger charge is 2.31. The van der Waals surface area contributed by atoms with Crippen LogP contribution < -0.4 is 4.72 Å². The Kier molecular flexibility index (Phi) is 4.82. The van der Waals surface area contributed by atoms with Gasteiger partial charge in [0.25, 0.3) is 0 Å². The van der Waals surface area contributed by atoms with Crippen LogP contribution in [0.3, 0.4) is 0 Å². The van der Waals surface area contributed by atoms with Crippen molar-refractivity contribution < 1.29 is 26.7 Å². The summed E-state index contributed by atoms with van der Waals surface area (Å²) in [7, 11) is -3.83. The number of hydrogen-bond donors (Lipinski definition) is 2. The van der Waals surface area contributed by atoms with E-state index in [4.69, 9.17) is 0 Å². The standard InChI is InChI=1S/C13H18F3NO3S/c1-12(2,3)6-7-21(19,20)17-10-8-9(13(14,15)16)4-5-11(10)18/h4-5,8,17-18H,6-7H2,1-3H3. The molecule has 0 atom stereocenters. The Balaban J connectivity index is 2.97. The second-order valence-corrected chi connectivity index (χ2v) is 7.80. The Labute approximate surface area is 122 Å². The zero-order valence-electron chi connectivity index (χ0n) is 12.0. The maximum atomic E-state index is 12.6. The van der Waals surface area contributed by atoms with Crippen LogP contribution in [-0.4, -0.2) is 19.3 Å². The normalized spacial score (nSPS) is 13.2. The van der Waals surface area contributed by atoms with Crippen molar-refractivity contribution >= 4 is 15.7 Å². The molecule has 2 N–H and O–H groups in total. The largest absolute Gasteiger partial charge is 0.506 e. The van der Waals surface area contributed by atoms with Crippen molar-refractivity contribution in [1.29, 1.82) is 0 Å². The third-order valence-electron chi connectivity index (χ3n) is 2.71. The van der Waals surface area contributed by atoms with E-state index < -0.39 is 33.2 Å². The molecular weight excluding hydrogens is 307 g/mol. The summed E-state index contributed by atoms with van der Waals surface area (Å²) in [5.74, 6) is -0.797. The lowest BCUT2D eigenvalue weighted by Gasteiger charge is -2.18. The molecule has 4 nitrogen and oxygen atoms in total. The average Bonchev–Trinajstić information content (AvgIpc) is 2.27. The van der Waals surface area contributed by atoms with E-state index in [-0.39, 0.29) is 11.2 Å². The molecule has 0 radical (unpaired) electrons. The highest BCUT2D eigenvalue weighted by molar-refractivity contribution is 7.92. The molecule has 0 bridgehead atoms. The predicted octanol–water partition coefficient (Wildman–Crippen LogP) is 3.59. The van der Waals surface area contributed by atoms with Crippen LogP contribution in [0.1, 0.15) is 32.8 Å². The molecular formula is C13H18F3NO3S. The summed E-state index contributed by atoms with van der Waals surface area (Å²) >= 11 is 0. The van der Waals surface area contributed by atoms with Gasteiger partial charge >= 0.3 is 6.18 Å². The number of hydrogen-bond acceptors (Lipinski definition) is 3. The predicted molar refractivity (Wildman–Crippen MR) is 74.6 cm³/mol. The molecule has 1 aromatic rings. The zero-order valence-corrected chi connectivity index (χ0v) is 12.8. The van der Waals surface area contributed by atoms with Gasteiger partial charge in [0.2, 0.25) is 10.0 Å². The lowest BCUT2D eigenvalue weighted by Crippen LogP contribution is -2.21. The maximum absolute atomic E-state index is 12.6. The van der Waals surface area contributed by atoms with Crippen LogP contribution in [0.25, 0.3) is 0 Å². The van der Waals surface area contributed by atoms with Gasteiger partial charge in [-0.15, -0.1) is 0 Å². The fourth-order valence-electron chi connectivity index (χ4n) is 1.45. The van der Waals surface area contributed by atoms with Crippen LogP contribution in [-0.2, 0) is 16.2 Å². The van der Waals surface area contributed by atoms with E-state index in [1.165, 1.54) is 0 Å². The van der Waals surface area contributed by atoms with Crippen molar-refractivity contribution in [3.8, 4) is 5.75 Å². The van der Waals surface area contributed by atoms with E-state index in [9.17, 15) is 26.7 Å². The van der Waals surface area contributed by atoms with Crippen molar-refractivity contribution in [2.75, 3.05) is 10.5 Å². The molecule has 0 spiro atoms. The van der Waals surface area contributed by atoms with Gasteiger partial charge in [0, 0.05) is 0 Å². The minimum Gasteiger partial charge on any atom is -0.506 e. The first kappa shape index (κ1) is 17.6.